The van der Waals surface area contributed by atoms with Crippen molar-refractivity contribution in [2.45, 2.75) is 5.38 Å². The van der Waals surface area contributed by atoms with Crippen molar-refractivity contribution in [3.8, 4) is 0 Å². The quantitative estimate of drug-likeness (QED) is 0.579. The molecule has 0 nitrogen and oxygen atoms in total. The Labute approximate surface area is 119 Å². The van der Waals surface area contributed by atoms with Crippen molar-refractivity contribution >= 4 is 54.8 Å². The Balaban J connectivity index is 2.46. The normalized spacial score (nSPS) is 12.8. The zero-order valence-electron chi connectivity index (χ0n) is 7.88. The molecule has 2 aromatic rings. The zero-order chi connectivity index (χ0) is 11.7. The monoisotopic (exact) mass is 382 g/mol. The van der Waals surface area contributed by atoms with Gasteiger partial charge in [0.1, 0.15) is 5.82 Å². The van der Waals surface area contributed by atoms with Gasteiger partial charge in [0, 0.05) is 9.35 Å². The van der Waals surface area contributed by atoms with E-state index in [1.807, 2.05) is 17.5 Å². The first-order valence-electron chi connectivity index (χ1n) is 4.42. The first-order valence-corrected chi connectivity index (χ1v) is 7.32. The molecule has 0 amide bonds. The van der Waals surface area contributed by atoms with Crippen LogP contribution in [0.1, 0.15) is 15.8 Å². The average Bonchev–Trinajstić information content (AvgIpc) is 2.68. The maximum atomic E-state index is 13.4. The fourth-order valence-electron chi connectivity index (χ4n) is 1.34. The fourth-order valence-corrected chi connectivity index (χ4v) is 4.15. The lowest BCUT2D eigenvalue weighted by atomic mass is 10.1. The van der Waals surface area contributed by atoms with E-state index in [0.29, 0.717) is 4.47 Å². The van der Waals surface area contributed by atoms with E-state index in [0.717, 1.165) is 14.9 Å². The maximum absolute atomic E-state index is 13.4. The summed E-state index contributed by atoms with van der Waals surface area (Å²) in [6.07, 6.45) is 0. The van der Waals surface area contributed by atoms with Gasteiger partial charge in [-0.25, -0.2) is 4.39 Å². The maximum Gasteiger partial charge on any atom is 0.137 e. The molecule has 1 atom stereocenters. The summed E-state index contributed by atoms with van der Waals surface area (Å²) in [6, 6.07) is 6.81. The van der Waals surface area contributed by atoms with Gasteiger partial charge in [0.15, 0.2) is 0 Å². The third-order valence-electron chi connectivity index (χ3n) is 2.13. The number of halogens is 4. The molecule has 1 unspecified atom stereocenters. The highest BCUT2D eigenvalue weighted by Crippen LogP contribution is 2.40. The van der Waals surface area contributed by atoms with Crippen molar-refractivity contribution in [1.29, 1.82) is 0 Å². The third kappa shape index (κ3) is 2.35. The van der Waals surface area contributed by atoms with Crippen molar-refractivity contribution in [3.05, 3.63) is 54.8 Å². The third-order valence-corrected chi connectivity index (χ3v) is 5.48. The SMILES string of the molecule is Fc1cccc(C(Cl)c2sccc2Br)c1Br. The minimum atomic E-state index is -0.348. The first kappa shape index (κ1) is 12.6. The van der Waals surface area contributed by atoms with Crippen LogP contribution in [0.5, 0.6) is 0 Å². The number of thiophene rings is 1. The lowest BCUT2D eigenvalue weighted by molar-refractivity contribution is 0.618. The molecule has 0 saturated heterocycles. The molecule has 0 aliphatic heterocycles. The van der Waals surface area contributed by atoms with Gasteiger partial charge in [0.25, 0.3) is 0 Å². The predicted molar refractivity (Wildman–Crippen MR) is 73.8 cm³/mol. The fraction of sp³-hybridized carbons (Fsp3) is 0.0909. The second-order valence-corrected chi connectivity index (χ2v) is 6.17. The van der Waals surface area contributed by atoms with E-state index in [2.05, 4.69) is 31.9 Å². The van der Waals surface area contributed by atoms with E-state index < -0.39 is 0 Å². The Kier molecular flexibility index (Phi) is 4.06. The zero-order valence-corrected chi connectivity index (χ0v) is 12.6. The molecule has 5 heteroatoms. The molecule has 0 N–H and O–H groups in total. The van der Waals surface area contributed by atoms with E-state index in [4.69, 9.17) is 11.6 Å². The van der Waals surface area contributed by atoms with Crippen molar-refractivity contribution in [2.75, 3.05) is 0 Å². The standard InChI is InChI=1S/C11H6Br2ClFS/c12-7-4-5-16-11(7)10(14)6-2-1-3-8(15)9(6)13/h1-5,10H. The lowest BCUT2D eigenvalue weighted by Crippen LogP contribution is -1.94. The summed E-state index contributed by atoms with van der Waals surface area (Å²) in [4.78, 5) is 0.980. The van der Waals surface area contributed by atoms with Crippen LogP contribution in [0.2, 0.25) is 0 Å². The van der Waals surface area contributed by atoms with Crippen LogP contribution in [-0.4, -0.2) is 0 Å². The van der Waals surface area contributed by atoms with Crippen LogP contribution in [-0.2, 0) is 0 Å². The van der Waals surface area contributed by atoms with Crippen LogP contribution in [0.3, 0.4) is 0 Å². The Morgan fingerprint density at radius 2 is 2.00 bits per heavy atom. The summed E-state index contributed by atoms with van der Waals surface area (Å²) in [5, 5.41) is 1.60. The molecule has 0 bridgehead atoms. The van der Waals surface area contributed by atoms with Gasteiger partial charge in [0.05, 0.1) is 9.85 Å². The number of hydrogen-bond acceptors (Lipinski definition) is 1. The van der Waals surface area contributed by atoms with Crippen molar-refractivity contribution < 1.29 is 4.39 Å². The summed E-state index contributed by atoms with van der Waals surface area (Å²) in [5.41, 5.74) is 0.741. The van der Waals surface area contributed by atoms with E-state index in [1.54, 1.807) is 17.4 Å². The highest BCUT2D eigenvalue weighted by molar-refractivity contribution is 9.10. The van der Waals surface area contributed by atoms with Crippen molar-refractivity contribution in [2.24, 2.45) is 0 Å². The first-order chi connectivity index (χ1) is 7.61. The molecule has 0 aliphatic carbocycles. The molecule has 1 aromatic heterocycles. The summed E-state index contributed by atoms with van der Waals surface area (Å²) in [5.74, 6) is -0.296. The van der Waals surface area contributed by atoms with E-state index in [-0.39, 0.29) is 11.2 Å². The van der Waals surface area contributed by atoms with Crippen LogP contribution in [0.25, 0.3) is 0 Å². The lowest BCUT2D eigenvalue weighted by Gasteiger charge is -2.11. The van der Waals surface area contributed by atoms with Gasteiger partial charge < -0.3 is 0 Å². The second-order valence-electron chi connectivity index (χ2n) is 3.14. The van der Waals surface area contributed by atoms with Crippen molar-refractivity contribution in [3.63, 3.8) is 0 Å². The molecule has 1 aromatic carbocycles. The average molecular weight is 384 g/mol. The summed E-state index contributed by atoms with van der Waals surface area (Å²) in [7, 11) is 0. The Hall–Kier alpha value is 0.1000. The van der Waals surface area contributed by atoms with Gasteiger partial charge in [-0.15, -0.1) is 22.9 Å². The van der Waals surface area contributed by atoms with Crippen LogP contribution in [0.4, 0.5) is 4.39 Å². The van der Waals surface area contributed by atoms with Crippen LogP contribution in [0.15, 0.2) is 38.6 Å². The molecule has 16 heavy (non-hydrogen) atoms. The van der Waals surface area contributed by atoms with Gasteiger partial charge in [-0.3, -0.25) is 0 Å². The van der Waals surface area contributed by atoms with Gasteiger partial charge in [-0.2, -0.15) is 0 Å². The largest absolute Gasteiger partial charge is 0.206 e. The number of alkyl halides is 1. The summed E-state index contributed by atoms with van der Waals surface area (Å²) in [6.45, 7) is 0. The Morgan fingerprint density at radius 1 is 1.25 bits per heavy atom. The smallest absolute Gasteiger partial charge is 0.137 e. The highest BCUT2D eigenvalue weighted by atomic mass is 79.9. The highest BCUT2D eigenvalue weighted by Gasteiger charge is 2.19. The van der Waals surface area contributed by atoms with Gasteiger partial charge in [-0.1, -0.05) is 12.1 Å². The van der Waals surface area contributed by atoms with Crippen molar-refractivity contribution in [1.82, 2.24) is 0 Å². The number of rotatable bonds is 2. The van der Waals surface area contributed by atoms with Gasteiger partial charge in [0.2, 0.25) is 0 Å². The van der Waals surface area contributed by atoms with E-state index >= 15 is 0 Å². The predicted octanol–water partition coefficient (Wildman–Crippen LogP) is 5.74. The minimum absolute atomic E-state index is 0.296. The molecule has 0 fully saturated rings. The summed E-state index contributed by atoms with van der Waals surface area (Å²) >= 11 is 14.5. The van der Waals surface area contributed by atoms with Crippen LogP contribution < -0.4 is 0 Å². The second kappa shape index (κ2) is 5.17. The molecule has 1 heterocycles. The number of benzene rings is 1. The number of hydrogen-bond donors (Lipinski definition) is 0. The topological polar surface area (TPSA) is 0 Å². The van der Waals surface area contributed by atoms with E-state index in [1.165, 1.54) is 6.07 Å². The Bertz CT molecular complexity index is 512. The molecular formula is C11H6Br2ClFS. The van der Waals surface area contributed by atoms with Gasteiger partial charge >= 0.3 is 0 Å². The molecule has 0 radical (unpaired) electrons. The summed E-state index contributed by atoms with van der Waals surface area (Å²) < 4.78 is 14.7. The molecule has 0 spiro atoms. The van der Waals surface area contributed by atoms with Crippen LogP contribution >= 0.6 is 54.8 Å². The molecule has 84 valence electrons. The Morgan fingerprint density at radius 3 is 2.62 bits per heavy atom. The molecule has 0 saturated carbocycles. The van der Waals surface area contributed by atoms with Crippen LogP contribution in [0, 0.1) is 5.82 Å². The molecular weight excluding hydrogens is 378 g/mol. The molecule has 2 rings (SSSR count). The van der Waals surface area contributed by atoms with Gasteiger partial charge in [-0.05, 0) is 54.9 Å². The minimum Gasteiger partial charge on any atom is -0.206 e. The van der Waals surface area contributed by atoms with E-state index in [9.17, 15) is 4.39 Å². The molecule has 0 aliphatic rings.